The Bertz CT molecular complexity index is 1960. The number of phosphoric ester groups is 2. The third kappa shape index (κ3) is 33.0. The molecule has 1 aliphatic rings. The first kappa shape index (κ1) is 66.8. The van der Waals surface area contributed by atoms with E-state index in [1.54, 1.807) is 0 Å². The molecule has 8 atom stereocenters. The Balaban J connectivity index is 1.80. The van der Waals surface area contributed by atoms with Crippen LogP contribution in [0.2, 0.25) is 0 Å². The van der Waals surface area contributed by atoms with Crippen LogP contribution in [0.5, 0.6) is 0 Å². The van der Waals surface area contributed by atoms with Crippen molar-refractivity contribution in [2.24, 2.45) is 5.92 Å². The van der Waals surface area contributed by atoms with Crippen LogP contribution in [-0.4, -0.2) is 96.9 Å². The molecule has 7 N–H and O–H groups in total. The topological polar surface area (TPSA) is 286 Å². The second-order valence-corrected chi connectivity index (χ2v) is 22.4. The second-order valence-electron chi connectivity index (χ2n) is 19.4. The van der Waals surface area contributed by atoms with Crippen LogP contribution in [0.4, 0.5) is 5.82 Å². The predicted octanol–water partition coefficient (Wildman–Crippen LogP) is 10.6. The van der Waals surface area contributed by atoms with Gasteiger partial charge in [-0.15, -0.1) is 0 Å². The van der Waals surface area contributed by atoms with Crippen molar-refractivity contribution >= 4 is 33.4 Å². The van der Waals surface area contributed by atoms with Crippen LogP contribution >= 0.6 is 15.6 Å². The summed E-state index contributed by atoms with van der Waals surface area (Å²) in [5.41, 5.74) is 4.59. The number of rotatable bonds is 44. The Hall–Kier alpha value is -3.32. The highest BCUT2D eigenvalue weighted by Crippen LogP contribution is 2.60. The minimum absolute atomic E-state index is 0.0331. The number of ether oxygens (including phenoxy) is 3. The van der Waals surface area contributed by atoms with Gasteiger partial charge in [-0.25, -0.2) is 13.9 Å². The summed E-state index contributed by atoms with van der Waals surface area (Å²) in [6.45, 7) is 4.16. The average molecular weight is 1090 g/mol. The number of hydrogen-bond donors (Lipinski definition) is 6. The van der Waals surface area contributed by atoms with Crippen LogP contribution in [0.25, 0.3) is 0 Å². The Morgan fingerprint density at radius 3 is 1.78 bits per heavy atom. The van der Waals surface area contributed by atoms with E-state index in [0.29, 0.717) is 19.3 Å². The molecular weight excluding hydrogens is 997 g/mol. The van der Waals surface area contributed by atoms with Crippen molar-refractivity contribution < 1.29 is 71.4 Å². The van der Waals surface area contributed by atoms with Gasteiger partial charge in [0.25, 0.3) is 0 Å². The van der Waals surface area contributed by atoms with Crippen molar-refractivity contribution in [3.8, 4) is 0 Å². The zero-order chi connectivity index (χ0) is 54.5. The van der Waals surface area contributed by atoms with Gasteiger partial charge >= 0.3 is 33.3 Å². The molecule has 1 aliphatic heterocycles. The van der Waals surface area contributed by atoms with Crippen LogP contribution in [-0.2, 0) is 46.3 Å². The molecule has 1 fully saturated rings. The molecule has 0 saturated carbocycles. The first-order valence-electron chi connectivity index (χ1n) is 27.1. The van der Waals surface area contributed by atoms with Gasteiger partial charge in [0.1, 0.15) is 30.7 Å². The van der Waals surface area contributed by atoms with Gasteiger partial charge in [-0.3, -0.25) is 23.2 Å². The molecule has 19 nitrogen and oxygen atoms in total. The van der Waals surface area contributed by atoms with E-state index in [-0.39, 0.29) is 24.8 Å². The van der Waals surface area contributed by atoms with Crippen LogP contribution < -0.4 is 11.4 Å². The molecule has 1 aromatic rings. The van der Waals surface area contributed by atoms with Gasteiger partial charge in [0.15, 0.2) is 12.3 Å². The molecule has 1 saturated heterocycles. The normalized spacial score (nSPS) is 19.7. The highest BCUT2D eigenvalue weighted by molar-refractivity contribution is 7.61. The molecular formula is C53H91N3O16P2. The Kier molecular flexibility index (Phi) is 36.1. The highest BCUT2D eigenvalue weighted by atomic mass is 31.3. The predicted molar refractivity (Wildman–Crippen MR) is 285 cm³/mol. The monoisotopic (exact) mass is 1090 g/mol. The van der Waals surface area contributed by atoms with Crippen molar-refractivity contribution in [2.45, 2.75) is 224 Å². The van der Waals surface area contributed by atoms with Gasteiger partial charge in [-0.05, 0) is 69.8 Å². The third-order valence-electron chi connectivity index (χ3n) is 12.3. The molecule has 424 valence electrons. The van der Waals surface area contributed by atoms with Crippen LogP contribution in [0.1, 0.15) is 194 Å². The summed E-state index contributed by atoms with van der Waals surface area (Å²) >= 11 is 0. The van der Waals surface area contributed by atoms with E-state index in [1.807, 2.05) is 19.1 Å². The van der Waals surface area contributed by atoms with E-state index in [1.165, 1.54) is 76.7 Å². The SMILES string of the molecule is CC[C@H](O)CC/C=C\C/C=C\C/C=C\C/C=C\CCCC(=O)OC[C@H](COP(=O)(O)OP(=O)(O)OC[C@H]1O[C@@H](n2ccc(N)nc2=O)[C@H](O)[C@@H]1O)OC(=O)CCCCCCCCCCCCCCCCCC(C)C. The van der Waals surface area contributed by atoms with Crippen molar-refractivity contribution in [2.75, 3.05) is 25.6 Å². The summed E-state index contributed by atoms with van der Waals surface area (Å²) in [6, 6.07) is 1.24. The second kappa shape index (κ2) is 40.0. The summed E-state index contributed by atoms with van der Waals surface area (Å²) in [7, 11) is -10.9. The first-order chi connectivity index (χ1) is 35.4. The Labute approximate surface area is 440 Å². The van der Waals surface area contributed by atoms with Gasteiger partial charge in [-0.2, -0.15) is 9.29 Å². The van der Waals surface area contributed by atoms with Crippen molar-refractivity contribution in [3.05, 3.63) is 71.4 Å². The van der Waals surface area contributed by atoms with Crippen molar-refractivity contribution in [3.63, 3.8) is 0 Å². The molecule has 0 bridgehead atoms. The number of anilines is 1. The lowest BCUT2D eigenvalue weighted by Crippen LogP contribution is -2.36. The maximum atomic E-state index is 12.9. The van der Waals surface area contributed by atoms with Crippen LogP contribution in [0.15, 0.2) is 65.7 Å². The molecule has 2 heterocycles. The van der Waals surface area contributed by atoms with Crippen molar-refractivity contribution in [1.29, 1.82) is 0 Å². The highest BCUT2D eigenvalue weighted by Gasteiger charge is 2.46. The Morgan fingerprint density at radius 2 is 1.23 bits per heavy atom. The van der Waals surface area contributed by atoms with E-state index in [4.69, 9.17) is 29.0 Å². The number of carbonyl (C=O) groups excluding carboxylic acids is 2. The van der Waals surface area contributed by atoms with Crippen molar-refractivity contribution in [1.82, 2.24) is 9.55 Å². The number of aliphatic hydroxyl groups is 3. The number of allylic oxidation sites excluding steroid dienone is 8. The summed E-state index contributed by atoms with van der Waals surface area (Å²) in [4.78, 5) is 62.0. The smallest absolute Gasteiger partial charge is 0.462 e. The van der Waals surface area contributed by atoms with Crippen LogP contribution in [0.3, 0.4) is 0 Å². The fourth-order valence-corrected chi connectivity index (χ4v) is 9.99. The van der Waals surface area contributed by atoms with E-state index < -0.39 is 83.7 Å². The number of aromatic nitrogens is 2. The molecule has 0 amide bonds. The molecule has 2 unspecified atom stereocenters. The minimum atomic E-state index is -5.44. The molecule has 0 spiro atoms. The molecule has 1 aromatic heterocycles. The van der Waals surface area contributed by atoms with E-state index in [0.717, 1.165) is 80.9 Å². The third-order valence-corrected chi connectivity index (χ3v) is 14.9. The maximum Gasteiger partial charge on any atom is 0.481 e. The summed E-state index contributed by atoms with van der Waals surface area (Å²) in [6.07, 6.45) is 34.2. The summed E-state index contributed by atoms with van der Waals surface area (Å²) in [5.74, 6) is -0.584. The summed E-state index contributed by atoms with van der Waals surface area (Å²) < 4.78 is 56.8. The summed E-state index contributed by atoms with van der Waals surface area (Å²) in [5, 5.41) is 30.5. The lowest BCUT2D eigenvalue weighted by atomic mass is 10.0. The fourth-order valence-electron chi connectivity index (χ4n) is 7.88. The number of unbranched alkanes of at least 4 members (excludes halogenated alkanes) is 15. The maximum absolute atomic E-state index is 12.9. The molecule has 21 heteroatoms. The largest absolute Gasteiger partial charge is 0.481 e. The number of nitrogens with two attached hydrogens (primary N) is 1. The number of carbonyl (C=O) groups is 2. The number of nitrogens with zero attached hydrogens (tertiary/aromatic N) is 2. The van der Waals surface area contributed by atoms with E-state index in [9.17, 15) is 48.6 Å². The number of hydrogen-bond acceptors (Lipinski definition) is 16. The Morgan fingerprint density at radius 1 is 0.716 bits per heavy atom. The lowest BCUT2D eigenvalue weighted by molar-refractivity contribution is -0.161. The standard InChI is InChI=1S/C53H91N3O16P2/c1-4-44(57)35-31-27-23-19-15-11-8-9-12-16-20-24-28-32-36-48(58)67-40-45(70-49(59)37-33-29-25-21-17-13-7-5-6-10-14-18-22-26-30-34-43(2)3)41-68-73(63,64)72-74(65,66)69-42-46-50(60)51(61)52(71-46)56-39-38-47(54)55-53(56)62/h9,11-12,15,20,23-24,27,38-39,43-46,50-52,57,60-61H,4-8,10,13-14,16-19,21-22,25-26,28-37,40-42H2,1-3H3,(H,63,64)(H,65,66)(H2,54,55,62)/b12-9-,15-11-,24-20-,27-23-/t44-,45+,46+,50+,51+,52+/m0/s1. The van der Waals surface area contributed by atoms with Gasteiger partial charge < -0.3 is 45.1 Å². The van der Waals surface area contributed by atoms with Gasteiger partial charge in [0.2, 0.25) is 0 Å². The minimum Gasteiger partial charge on any atom is -0.462 e. The van der Waals surface area contributed by atoms with Gasteiger partial charge in [0.05, 0.1) is 19.3 Å². The quantitative estimate of drug-likeness (QED) is 0.0153. The first-order valence-corrected chi connectivity index (χ1v) is 30.1. The van der Waals surface area contributed by atoms with Crippen LogP contribution in [0, 0.1) is 5.92 Å². The van der Waals surface area contributed by atoms with E-state index >= 15 is 0 Å². The zero-order valence-corrected chi connectivity index (χ0v) is 46.2. The average Bonchev–Trinajstić information content (AvgIpc) is 3.63. The number of esters is 2. The fraction of sp³-hybridized carbons (Fsp3) is 0.736. The molecule has 2 rings (SSSR count). The molecule has 0 aliphatic carbocycles. The van der Waals surface area contributed by atoms with Gasteiger partial charge in [-0.1, -0.05) is 166 Å². The van der Waals surface area contributed by atoms with E-state index in [2.05, 4.69) is 59.6 Å². The molecule has 0 aromatic carbocycles. The lowest BCUT2D eigenvalue weighted by Gasteiger charge is -2.21. The number of nitrogen functional groups attached to an aromatic ring is 1. The molecule has 74 heavy (non-hydrogen) atoms. The molecule has 0 radical (unpaired) electrons. The number of aliphatic hydroxyl groups excluding tert-OH is 3. The number of phosphoric acid groups is 2. The zero-order valence-electron chi connectivity index (χ0n) is 44.4. The van der Waals surface area contributed by atoms with Gasteiger partial charge in [0, 0.05) is 19.0 Å².